The summed E-state index contributed by atoms with van der Waals surface area (Å²) in [4.78, 5) is 15.7. The van der Waals surface area contributed by atoms with Gasteiger partial charge in [-0.1, -0.05) is 30.3 Å². The van der Waals surface area contributed by atoms with Crippen molar-refractivity contribution in [2.24, 2.45) is 0 Å². The highest BCUT2D eigenvalue weighted by molar-refractivity contribution is 5.96. The number of hydrogen-bond acceptors (Lipinski definition) is 6. The van der Waals surface area contributed by atoms with Crippen molar-refractivity contribution in [3.63, 3.8) is 0 Å². The highest BCUT2D eigenvalue weighted by atomic mass is 16.3. The van der Waals surface area contributed by atoms with Gasteiger partial charge in [0.15, 0.2) is 11.6 Å². The Hall–Kier alpha value is -2.93. The molecule has 0 spiro atoms. The number of nitrogens with zero attached hydrogens (tertiary/aromatic N) is 5. The molecule has 2 heterocycles. The summed E-state index contributed by atoms with van der Waals surface area (Å²) in [6.45, 7) is 0.0172. The van der Waals surface area contributed by atoms with Crippen molar-refractivity contribution < 1.29 is 9.90 Å². The lowest BCUT2D eigenvalue weighted by molar-refractivity contribution is 0.0903. The fraction of sp³-hybridized carbons (Fsp3) is 0.188. The van der Waals surface area contributed by atoms with Crippen LogP contribution in [-0.4, -0.2) is 42.7 Å². The van der Waals surface area contributed by atoms with E-state index in [1.54, 1.807) is 23.0 Å². The maximum atomic E-state index is 11.4. The van der Waals surface area contributed by atoms with Gasteiger partial charge < -0.3 is 5.11 Å². The van der Waals surface area contributed by atoms with Crippen molar-refractivity contribution >= 4 is 5.78 Å². The molecule has 0 amide bonds. The molecule has 23 heavy (non-hydrogen) atoms. The van der Waals surface area contributed by atoms with E-state index < -0.39 is 6.61 Å². The minimum atomic E-state index is -0.486. The predicted molar refractivity (Wildman–Crippen MR) is 81.8 cm³/mol. The van der Waals surface area contributed by atoms with Crippen molar-refractivity contribution in [2.45, 2.75) is 13.0 Å². The van der Waals surface area contributed by atoms with Crippen molar-refractivity contribution in [3.8, 4) is 0 Å². The Labute approximate surface area is 132 Å². The molecule has 0 saturated carbocycles. The Kier molecular flexibility index (Phi) is 4.49. The molecule has 0 fully saturated rings. The summed E-state index contributed by atoms with van der Waals surface area (Å²) in [6, 6.07) is 12.8. The third-order valence-electron chi connectivity index (χ3n) is 3.42. The molecule has 0 radical (unpaired) electrons. The number of hydrogen-bond donors (Lipinski definition) is 1. The molecule has 1 N–H and O–H groups in total. The lowest BCUT2D eigenvalue weighted by atomic mass is 10.1. The van der Waals surface area contributed by atoms with Gasteiger partial charge in [-0.15, -0.1) is 5.10 Å². The number of pyridine rings is 1. The third kappa shape index (κ3) is 3.64. The molecular formula is C16H15N5O2. The van der Waals surface area contributed by atoms with E-state index in [-0.39, 0.29) is 5.78 Å². The standard InChI is InChI=1S/C16H15N5O2/c22-11-15(23)13-6-4-12(5-7-13)10-21-16(18-19-20-21)9-14-3-1-2-8-17-14/h1-8,22H,9-11H2. The smallest absolute Gasteiger partial charge is 0.188 e. The van der Waals surface area contributed by atoms with Crippen LogP contribution in [0.3, 0.4) is 0 Å². The minimum absolute atomic E-state index is 0.296. The quantitative estimate of drug-likeness (QED) is 0.679. The highest BCUT2D eigenvalue weighted by Gasteiger charge is 2.09. The SMILES string of the molecule is O=C(CO)c1ccc(Cn2nnnc2Cc2ccccn2)cc1. The number of ketones is 1. The topological polar surface area (TPSA) is 93.8 Å². The van der Waals surface area contributed by atoms with E-state index in [0.29, 0.717) is 18.5 Å². The van der Waals surface area contributed by atoms with Crippen molar-refractivity contribution in [1.82, 2.24) is 25.2 Å². The second-order valence-corrected chi connectivity index (χ2v) is 5.03. The Morgan fingerprint density at radius 3 is 2.65 bits per heavy atom. The summed E-state index contributed by atoms with van der Waals surface area (Å²) < 4.78 is 1.71. The van der Waals surface area contributed by atoms with E-state index in [9.17, 15) is 4.79 Å². The number of benzene rings is 1. The molecule has 0 saturated heterocycles. The second-order valence-electron chi connectivity index (χ2n) is 5.03. The zero-order valence-corrected chi connectivity index (χ0v) is 12.3. The van der Waals surface area contributed by atoms with Crippen molar-refractivity contribution in [3.05, 3.63) is 71.3 Å². The van der Waals surface area contributed by atoms with Gasteiger partial charge in [-0.2, -0.15) is 0 Å². The molecule has 1 aromatic carbocycles. The average Bonchev–Trinajstić information content (AvgIpc) is 3.02. The monoisotopic (exact) mass is 309 g/mol. The lowest BCUT2D eigenvalue weighted by Gasteiger charge is -2.05. The summed E-state index contributed by atoms with van der Waals surface area (Å²) in [7, 11) is 0. The van der Waals surface area contributed by atoms with Crippen LogP contribution in [0.25, 0.3) is 0 Å². The van der Waals surface area contributed by atoms with Gasteiger partial charge in [0.1, 0.15) is 6.61 Å². The molecule has 0 unspecified atom stereocenters. The summed E-state index contributed by atoms with van der Waals surface area (Å²) in [5, 5.41) is 20.6. The first-order valence-electron chi connectivity index (χ1n) is 7.14. The third-order valence-corrected chi connectivity index (χ3v) is 3.42. The van der Waals surface area contributed by atoms with Crippen LogP contribution >= 0.6 is 0 Å². The number of carbonyl (C=O) groups excluding carboxylic acids is 1. The summed E-state index contributed by atoms with van der Waals surface area (Å²) in [6.07, 6.45) is 2.29. The number of tetrazole rings is 1. The first-order chi connectivity index (χ1) is 11.3. The Balaban J connectivity index is 1.74. The van der Waals surface area contributed by atoms with E-state index in [4.69, 9.17) is 5.11 Å². The van der Waals surface area contributed by atoms with Crippen LogP contribution in [0.5, 0.6) is 0 Å². The van der Waals surface area contributed by atoms with Gasteiger partial charge in [-0.05, 0) is 28.1 Å². The molecule has 7 nitrogen and oxygen atoms in total. The van der Waals surface area contributed by atoms with E-state index in [2.05, 4.69) is 20.5 Å². The van der Waals surface area contributed by atoms with E-state index in [1.165, 1.54) is 0 Å². The first kappa shape index (κ1) is 15.0. The van der Waals surface area contributed by atoms with Crippen molar-refractivity contribution in [1.29, 1.82) is 0 Å². The average molecular weight is 309 g/mol. The molecule has 0 bridgehead atoms. The van der Waals surface area contributed by atoms with Crippen molar-refractivity contribution in [2.75, 3.05) is 6.61 Å². The van der Waals surface area contributed by atoms with E-state index in [0.717, 1.165) is 17.1 Å². The molecule has 0 aliphatic rings. The maximum absolute atomic E-state index is 11.4. The molecule has 116 valence electrons. The van der Waals surface area contributed by atoms with Gasteiger partial charge in [0, 0.05) is 17.5 Å². The van der Waals surface area contributed by atoms with Crippen LogP contribution in [0.4, 0.5) is 0 Å². The number of aliphatic hydroxyl groups is 1. The minimum Gasteiger partial charge on any atom is -0.388 e. The molecule has 0 atom stereocenters. The number of Topliss-reactive ketones (excluding diaryl/α,β-unsaturated/α-hetero) is 1. The fourth-order valence-corrected chi connectivity index (χ4v) is 2.20. The summed E-state index contributed by atoms with van der Waals surface area (Å²) in [5.74, 6) is 0.425. The second kappa shape index (κ2) is 6.89. The molecule has 3 rings (SSSR count). The van der Waals surface area contributed by atoms with Gasteiger partial charge in [0.2, 0.25) is 0 Å². The van der Waals surface area contributed by atoms with Gasteiger partial charge in [0.05, 0.1) is 13.0 Å². The summed E-state index contributed by atoms with van der Waals surface area (Å²) in [5.41, 5.74) is 2.35. The van der Waals surface area contributed by atoms with Gasteiger partial charge >= 0.3 is 0 Å². The van der Waals surface area contributed by atoms with Crippen LogP contribution < -0.4 is 0 Å². The van der Waals surface area contributed by atoms with Crippen LogP contribution in [0, 0.1) is 0 Å². The Bertz CT molecular complexity index is 784. The van der Waals surface area contributed by atoms with Crippen LogP contribution in [0.1, 0.15) is 27.4 Å². The zero-order valence-electron chi connectivity index (χ0n) is 12.3. The first-order valence-corrected chi connectivity index (χ1v) is 7.14. The van der Waals surface area contributed by atoms with E-state index in [1.807, 2.05) is 30.3 Å². The Morgan fingerprint density at radius 1 is 1.13 bits per heavy atom. The molecule has 3 aromatic rings. The predicted octanol–water partition coefficient (Wildman–Crippen LogP) is 0.882. The number of rotatable bonds is 6. The van der Waals surface area contributed by atoms with Gasteiger partial charge in [-0.3, -0.25) is 9.78 Å². The number of aromatic nitrogens is 5. The van der Waals surface area contributed by atoms with Gasteiger partial charge in [-0.25, -0.2) is 4.68 Å². The fourth-order valence-electron chi connectivity index (χ4n) is 2.20. The molecule has 0 aliphatic heterocycles. The Morgan fingerprint density at radius 2 is 1.96 bits per heavy atom. The van der Waals surface area contributed by atoms with Gasteiger partial charge in [0.25, 0.3) is 0 Å². The molecular weight excluding hydrogens is 294 g/mol. The highest BCUT2D eigenvalue weighted by Crippen LogP contribution is 2.09. The zero-order chi connectivity index (χ0) is 16.1. The normalized spacial score (nSPS) is 10.7. The largest absolute Gasteiger partial charge is 0.388 e. The van der Waals surface area contributed by atoms with Crippen LogP contribution in [-0.2, 0) is 13.0 Å². The van der Waals surface area contributed by atoms with Crippen LogP contribution in [0.15, 0.2) is 48.7 Å². The lowest BCUT2D eigenvalue weighted by Crippen LogP contribution is -2.09. The number of carbonyl (C=O) groups is 1. The number of aliphatic hydroxyl groups excluding tert-OH is 1. The molecule has 2 aromatic heterocycles. The van der Waals surface area contributed by atoms with E-state index >= 15 is 0 Å². The molecule has 7 heteroatoms. The maximum Gasteiger partial charge on any atom is 0.188 e. The van der Waals surface area contributed by atoms with Crippen LogP contribution in [0.2, 0.25) is 0 Å². The molecule has 0 aliphatic carbocycles. The summed E-state index contributed by atoms with van der Waals surface area (Å²) >= 11 is 0.